The van der Waals surface area contributed by atoms with Crippen LogP contribution in [-0.2, 0) is 31.2 Å². The van der Waals surface area contributed by atoms with Crippen LogP contribution >= 0.6 is 0 Å². The highest BCUT2D eigenvalue weighted by Crippen LogP contribution is 2.30. The quantitative estimate of drug-likeness (QED) is 0.490. The molecule has 0 radical (unpaired) electrons. The molecule has 0 unspecified atom stereocenters. The van der Waals surface area contributed by atoms with E-state index in [1.54, 1.807) is 39.9 Å². The van der Waals surface area contributed by atoms with Crippen molar-refractivity contribution in [3.8, 4) is 23.0 Å². The minimum absolute atomic E-state index is 0.0120. The number of amides is 1. The van der Waals surface area contributed by atoms with Crippen molar-refractivity contribution >= 4 is 5.91 Å². The zero-order valence-corrected chi connectivity index (χ0v) is 17.3. The average Bonchev–Trinajstić information content (AvgIpc) is 3.40. The Labute approximate surface area is 182 Å². The van der Waals surface area contributed by atoms with Crippen LogP contribution in [0.3, 0.4) is 0 Å². The van der Waals surface area contributed by atoms with Gasteiger partial charge in [0.25, 0.3) is 5.89 Å². The third kappa shape index (κ3) is 3.66. The Balaban J connectivity index is 1.41. The lowest BCUT2D eigenvalue weighted by molar-refractivity contribution is -0.131. The van der Waals surface area contributed by atoms with Crippen LogP contribution in [0.5, 0.6) is 0 Å². The Morgan fingerprint density at radius 3 is 2.81 bits per heavy atom. The molecule has 3 heterocycles. The van der Waals surface area contributed by atoms with Crippen molar-refractivity contribution in [3.63, 3.8) is 0 Å². The molecule has 0 fully saturated rings. The predicted octanol–water partition coefficient (Wildman–Crippen LogP) is 3.54. The first-order valence-corrected chi connectivity index (χ1v) is 10.2. The van der Waals surface area contributed by atoms with Gasteiger partial charge in [0.15, 0.2) is 5.69 Å². The van der Waals surface area contributed by atoms with Crippen LogP contribution in [0.25, 0.3) is 23.0 Å². The molecule has 32 heavy (non-hydrogen) atoms. The fourth-order valence-electron chi connectivity index (χ4n) is 3.96. The van der Waals surface area contributed by atoms with Crippen molar-refractivity contribution in [2.24, 2.45) is 7.05 Å². The fraction of sp³-hybridized carbons (Fsp3) is 0.217. The van der Waals surface area contributed by atoms with Crippen molar-refractivity contribution in [2.45, 2.75) is 19.4 Å². The lowest BCUT2D eigenvalue weighted by atomic mass is 10.0. The molecule has 1 aliphatic rings. The van der Waals surface area contributed by atoms with Crippen LogP contribution < -0.4 is 0 Å². The van der Waals surface area contributed by atoms with Gasteiger partial charge in [0, 0.05) is 43.4 Å². The summed E-state index contributed by atoms with van der Waals surface area (Å²) < 4.78 is 34.7. The van der Waals surface area contributed by atoms with Gasteiger partial charge in [-0.2, -0.15) is 10.1 Å². The van der Waals surface area contributed by atoms with E-state index in [1.165, 1.54) is 18.2 Å². The summed E-state index contributed by atoms with van der Waals surface area (Å²) >= 11 is 0. The van der Waals surface area contributed by atoms with E-state index in [2.05, 4.69) is 15.2 Å². The molecule has 0 saturated heterocycles. The number of hydrogen-bond acceptors (Lipinski definition) is 5. The molecule has 0 atom stereocenters. The van der Waals surface area contributed by atoms with Gasteiger partial charge >= 0.3 is 0 Å². The summed E-state index contributed by atoms with van der Waals surface area (Å²) in [6.45, 7) is 0.821. The monoisotopic (exact) mass is 435 g/mol. The number of rotatable bonds is 4. The minimum Gasteiger partial charge on any atom is -0.338 e. The summed E-state index contributed by atoms with van der Waals surface area (Å²) in [4.78, 5) is 18.9. The van der Waals surface area contributed by atoms with E-state index in [1.807, 2.05) is 7.05 Å². The third-order valence-corrected chi connectivity index (χ3v) is 5.61. The molecule has 0 aliphatic carbocycles. The molecular weight excluding hydrogens is 416 g/mol. The second kappa shape index (κ2) is 7.99. The van der Waals surface area contributed by atoms with E-state index in [0.29, 0.717) is 36.3 Å². The number of nitrogens with zero attached hydrogens (tertiary/aromatic N) is 5. The minimum atomic E-state index is -0.395. The lowest BCUT2D eigenvalue weighted by Gasteiger charge is -2.27. The van der Waals surface area contributed by atoms with Gasteiger partial charge in [0.1, 0.15) is 11.6 Å². The molecule has 162 valence electrons. The first-order valence-electron chi connectivity index (χ1n) is 10.2. The maximum absolute atomic E-state index is 14.0. The molecule has 9 heteroatoms. The standard InChI is InChI=1S/C23H19F2N5O2/c1-29-19-9-10-30(20(31)12-14-5-2-3-8-18(14)25)13-17(19)21(27-29)23-26-22(28-32-23)15-6-4-7-16(24)11-15/h2-8,11H,9-10,12-13H2,1H3. The first kappa shape index (κ1) is 20.0. The summed E-state index contributed by atoms with van der Waals surface area (Å²) in [5, 5.41) is 8.48. The van der Waals surface area contributed by atoms with Gasteiger partial charge in [-0.05, 0) is 23.8 Å². The number of carbonyl (C=O) groups is 1. The topological polar surface area (TPSA) is 77.1 Å². The smallest absolute Gasteiger partial charge is 0.279 e. The Morgan fingerprint density at radius 1 is 1.16 bits per heavy atom. The van der Waals surface area contributed by atoms with Crippen molar-refractivity contribution in [1.29, 1.82) is 0 Å². The van der Waals surface area contributed by atoms with Crippen LogP contribution in [0.4, 0.5) is 8.78 Å². The molecule has 7 nitrogen and oxygen atoms in total. The number of hydrogen-bond donors (Lipinski definition) is 0. The number of fused-ring (bicyclic) bond motifs is 1. The van der Waals surface area contributed by atoms with E-state index < -0.39 is 11.6 Å². The summed E-state index contributed by atoms with van der Waals surface area (Å²) in [5.41, 5.74) is 3.13. The molecule has 0 saturated carbocycles. The lowest BCUT2D eigenvalue weighted by Crippen LogP contribution is -2.37. The molecule has 5 rings (SSSR count). The second-order valence-corrected chi connectivity index (χ2v) is 7.66. The molecule has 1 aliphatic heterocycles. The van der Waals surface area contributed by atoms with Crippen molar-refractivity contribution in [2.75, 3.05) is 6.54 Å². The van der Waals surface area contributed by atoms with E-state index in [9.17, 15) is 13.6 Å². The van der Waals surface area contributed by atoms with Crippen LogP contribution in [-0.4, -0.2) is 37.3 Å². The first-order chi connectivity index (χ1) is 15.5. The van der Waals surface area contributed by atoms with Crippen molar-refractivity contribution < 1.29 is 18.1 Å². The second-order valence-electron chi connectivity index (χ2n) is 7.66. The van der Waals surface area contributed by atoms with E-state index >= 15 is 0 Å². The molecule has 0 spiro atoms. The molecule has 2 aromatic heterocycles. The van der Waals surface area contributed by atoms with Crippen LogP contribution in [0.15, 0.2) is 53.1 Å². The zero-order valence-electron chi connectivity index (χ0n) is 17.3. The fourth-order valence-corrected chi connectivity index (χ4v) is 3.96. The Hall–Kier alpha value is -3.88. The van der Waals surface area contributed by atoms with Gasteiger partial charge in [-0.25, -0.2) is 8.78 Å². The highest BCUT2D eigenvalue weighted by molar-refractivity contribution is 5.79. The number of carbonyl (C=O) groups excluding carboxylic acids is 1. The number of halogens is 2. The van der Waals surface area contributed by atoms with Crippen LogP contribution in [0.1, 0.15) is 16.8 Å². The molecule has 2 aromatic carbocycles. The van der Waals surface area contributed by atoms with Crippen LogP contribution in [0.2, 0.25) is 0 Å². The highest BCUT2D eigenvalue weighted by Gasteiger charge is 2.29. The third-order valence-electron chi connectivity index (χ3n) is 5.61. The summed E-state index contributed by atoms with van der Waals surface area (Å²) in [6.07, 6.45) is 0.592. The van der Waals surface area contributed by atoms with Crippen molar-refractivity contribution in [1.82, 2.24) is 24.8 Å². The number of aromatic nitrogens is 4. The molecule has 0 N–H and O–H groups in total. The van der Waals surface area contributed by atoms with Gasteiger partial charge < -0.3 is 9.42 Å². The van der Waals surface area contributed by atoms with Gasteiger partial charge in [-0.15, -0.1) is 0 Å². The average molecular weight is 435 g/mol. The largest absolute Gasteiger partial charge is 0.338 e. The maximum atomic E-state index is 14.0. The summed E-state index contributed by atoms with van der Waals surface area (Å²) in [6, 6.07) is 12.2. The Bertz CT molecular complexity index is 1310. The molecule has 1 amide bonds. The van der Waals surface area contributed by atoms with Crippen LogP contribution in [0, 0.1) is 11.6 Å². The van der Waals surface area contributed by atoms with Gasteiger partial charge in [0.05, 0.1) is 6.42 Å². The Kier molecular flexibility index (Phi) is 5.01. The molecule has 0 bridgehead atoms. The number of benzene rings is 2. The van der Waals surface area contributed by atoms with Gasteiger partial charge in [0.2, 0.25) is 11.7 Å². The number of aryl methyl sites for hydroxylation is 1. The van der Waals surface area contributed by atoms with Gasteiger partial charge in [-0.3, -0.25) is 9.48 Å². The predicted molar refractivity (Wildman–Crippen MR) is 111 cm³/mol. The van der Waals surface area contributed by atoms with Crippen molar-refractivity contribution in [3.05, 3.63) is 77.0 Å². The molecular formula is C23H19F2N5O2. The summed E-state index contributed by atoms with van der Waals surface area (Å²) in [7, 11) is 1.82. The maximum Gasteiger partial charge on any atom is 0.279 e. The van der Waals surface area contributed by atoms with E-state index in [-0.39, 0.29) is 24.0 Å². The zero-order chi connectivity index (χ0) is 22.2. The summed E-state index contributed by atoms with van der Waals surface area (Å²) in [5.74, 6) is -0.502. The Morgan fingerprint density at radius 2 is 2.00 bits per heavy atom. The van der Waals surface area contributed by atoms with E-state index in [4.69, 9.17) is 4.52 Å². The van der Waals surface area contributed by atoms with Gasteiger partial charge in [-0.1, -0.05) is 35.5 Å². The van der Waals surface area contributed by atoms with E-state index in [0.717, 1.165) is 11.3 Å². The highest BCUT2D eigenvalue weighted by atomic mass is 19.1. The SMILES string of the molecule is Cn1nc(-c2nc(-c3cccc(F)c3)no2)c2c1CCN(C(=O)Cc1ccccc1F)C2. The molecule has 4 aromatic rings. The normalized spacial score (nSPS) is 13.3.